The van der Waals surface area contributed by atoms with Gasteiger partial charge >= 0.3 is 0 Å². The quantitative estimate of drug-likeness (QED) is 0.722. The molecule has 1 aromatic heterocycles. The third-order valence-corrected chi connectivity index (χ3v) is 4.40. The van der Waals surface area contributed by atoms with Crippen molar-refractivity contribution in [2.75, 3.05) is 18.7 Å². The van der Waals surface area contributed by atoms with Gasteiger partial charge in [0.1, 0.15) is 0 Å². The van der Waals surface area contributed by atoms with E-state index in [0.717, 1.165) is 16.9 Å². The van der Waals surface area contributed by atoms with Crippen LogP contribution >= 0.6 is 0 Å². The zero-order chi connectivity index (χ0) is 19.7. The number of rotatable bonds is 4. The summed E-state index contributed by atoms with van der Waals surface area (Å²) in [5, 5.41) is 5.32. The molecule has 0 aliphatic carbocycles. The SMILES string of the molecule is Cc1nc2ccc(C(=O)NCC(=O)Nc3ccc4c(c3)OCO4)cc2nc1C. The number of nitrogens with zero attached hydrogens (tertiary/aromatic N) is 2. The molecule has 0 saturated heterocycles. The van der Waals surface area contributed by atoms with Crippen molar-refractivity contribution in [1.29, 1.82) is 0 Å². The zero-order valence-corrected chi connectivity index (χ0v) is 15.4. The molecule has 0 unspecified atom stereocenters. The van der Waals surface area contributed by atoms with E-state index in [1.54, 1.807) is 36.4 Å². The van der Waals surface area contributed by atoms with E-state index in [4.69, 9.17) is 9.47 Å². The second-order valence-electron chi connectivity index (χ2n) is 6.40. The van der Waals surface area contributed by atoms with Crippen LogP contribution in [0.5, 0.6) is 11.5 Å². The first-order valence-corrected chi connectivity index (χ1v) is 8.72. The normalized spacial score (nSPS) is 12.1. The highest BCUT2D eigenvalue weighted by Gasteiger charge is 2.15. The molecule has 3 aromatic rings. The first kappa shape index (κ1) is 17.7. The van der Waals surface area contributed by atoms with Crippen molar-refractivity contribution < 1.29 is 19.1 Å². The first-order chi connectivity index (χ1) is 13.5. The highest BCUT2D eigenvalue weighted by molar-refractivity contribution is 6.01. The number of carbonyl (C=O) groups is 2. The lowest BCUT2D eigenvalue weighted by molar-refractivity contribution is -0.115. The van der Waals surface area contributed by atoms with Crippen molar-refractivity contribution in [3.05, 3.63) is 53.3 Å². The minimum atomic E-state index is -0.359. The molecule has 2 amide bonds. The molecular formula is C20H18N4O4. The van der Waals surface area contributed by atoms with Gasteiger partial charge in [-0.15, -0.1) is 0 Å². The van der Waals surface area contributed by atoms with Crippen LogP contribution in [0.1, 0.15) is 21.7 Å². The van der Waals surface area contributed by atoms with E-state index in [9.17, 15) is 9.59 Å². The Morgan fingerprint density at radius 2 is 1.71 bits per heavy atom. The molecule has 2 heterocycles. The summed E-state index contributed by atoms with van der Waals surface area (Å²) in [4.78, 5) is 33.4. The number of nitrogens with one attached hydrogen (secondary N) is 2. The Morgan fingerprint density at radius 3 is 2.54 bits per heavy atom. The van der Waals surface area contributed by atoms with Crippen molar-refractivity contribution in [3.63, 3.8) is 0 Å². The predicted molar refractivity (Wildman–Crippen MR) is 103 cm³/mol. The lowest BCUT2D eigenvalue weighted by atomic mass is 10.1. The summed E-state index contributed by atoms with van der Waals surface area (Å²) in [5.74, 6) is 0.503. The van der Waals surface area contributed by atoms with Crippen LogP contribution < -0.4 is 20.1 Å². The minimum absolute atomic E-state index is 0.163. The highest BCUT2D eigenvalue weighted by Crippen LogP contribution is 2.34. The Hall–Kier alpha value is -3.68. The molecule has 2 aromatic carbocycles. The zero-order valence-electron chi connectivity index (χ0n) is 15.4. The van der Waals surface area contributed by atoms with Crippen LogP contribution in [0.4, 0.5) is 5.69 Å². The number of anilines is 1. The van der Waals surface area contributed by atoms with Gasteiger partial charge in [-0.05, 0) is 44.2 Å². The number of hydrogen-bond acceptors (Lipinski definition) is 6. The second kappa shape index (κ2) is 7.15. The van der Waals surface area contributed by atoms with Crippen LogP contribution in [-0.2, 0) is 4.79 Å². The number of aromatic nitrogens is 2. The van der Waals surface area contributed by atoms with E-state index in [2.05, 4.69) is 20.6 Å². The molecule has 0 bridgehead atoms. The summed E-state index contributed by atoms with van der Waals surface area (Å²) >= 11 is 0. The van der Waals surface area contributed by atoms with Crippen molar-refractivity contribution in [3.8, 4) is 11.5 Å². The molecule has 142 valence electrons. The topological polar surface area (TPSA) is 102 Å². The van der Waals surface area contributed by atoms with Gasteiger partial charge in [-0.3, -0.25) is 9.59 Å². The van der Waals surface area contributed by atoms with Gasteiger partial charge in [0.25, 0.3) is 5.91 Å². The molecule has 1 aliphatic heterocycles. The van der Waals surface area contributed by atoms with E-state index in [1.165, 1.54) is 0 Å². The van der Waals surface area contributed by atoms with Gasteiger partial charge in [0.05, 0.1) is 29.0 Å². The van der Waals surface area contributed by atoms with Gasteiger partial charge in [0, 0.05) is 17.3 Å². The van der Waals surface area contributed by atoms with E-state index in [0.29, 0.717) is 28.3 Å². The molecule has 2 N–H and O–H groups in total. The molecule has 0 saturated carbocycles. The van der Waals surface area contributed by atoms with Gasteiger partial charge in [-0.25, -0.2) is 9.97 Å². The largest absolute Gasteiger partial charge is 0.454 e. The summed E-state index contributed by atoms with van der Waals surface area (Å²) in [7, 11) is 0. The summed E-state index contributed by atoms with van der Waals surface area (Å²) in [6.45, 7) is 3.76. The maximum absolute atomic E-state index is 12.4. The molecule has 28 heavy (non-hydrogen) atoms. The predicted octanol–water partition coefficient (Wildman–Crippen LogP) is 2.34. The molecule has 0 spiro atoms. The summed E-state index contributed by atoms with van der Waals surface area (Å²) < 4.78 is 10.5. The van der Waals surface area contributed by atoms with Crippen LogP contribution in [0, 0.1) is 13.8 Å². The fraction of sp³-hybridized carbons (Fsp3) is 0.200. The Bertz CT molecular complexity index is 1100. The number of amides is 2. The number of carbonyl (C=O) groups excluding carboxylic acids is 2. The Morgan fingerprint density at radius 1 is 0.964 bits per heavy atom. The number of ether oxygens (including phenoxy) is 2. The van der Waals surface area contributed by atoms with E-state index in [-0.39, 0.29) is 25.2 Å². The molecule has 0 atom stereocenters. The molecular weight excluding hydrogens is 360 g/mol. The van der Waals surface area contributed by atoms with Gasteiger partial charge in [-0.2, -0.15) is 0 Å². The fourth-order valence-electron chi connectivity index (χ4n) is 2.81. The highest BCUT2D eigenvalue weighted by atomic mass is 16.7. The Balaban J connectivity index is 1.39. The van der Waals surface area contributed by atoms with E-state index in [1.807, 2.05) is 13.8 Å². The molecule has 8 heteroatoms. The van der Waals surface area contributed by atoms with Crippen LogP contribution in [0.25, 0.3) is 11.0 Å². The van der Waals surface area contributed by atoms with Gasteiger partial charge in [0.2, 0.25) is 12.7 Å². The average molecular weight is 378 g/mol. The number of aryl methyl sites for hydroxylation is 2. The van der Waals surface area contributed by atoms with Crippen molar-refractivity contribution in [1.82, 2.24) is 15.3 Å². The van der Waals surface area contributed by atoms with Gasteiger partial charge < -0.3 is 20.1 Å². The van der Waals surface area contributed by atoms with Crippen molar-refractivity contribution in [2.45, 2.75) is 13.8 Å². The third kappa shape index (κ3) is 3.57. The maximum atomic E-state index is 12.4. The third-order valence-electron chi connectivity index (χ3n) is 4.40. The average Bonchev–Trinajstić information content (AvgIpc) is 3.14. The lowest BCUT2D eigenvalue weighted by Gasteiger charge is -2.08. The minimum Gasteiger partial charge on any atom is -0.454 e. The van der Waals surface area contributed by atoms with Crippen molar-refractivity contribution in [2.24, 2.45) is 0 Å². The second-order valence-corrected chi connectivity index (χ2v) is 6.40. The van der Waals surface area contributed by atoms with Crippen molar-refractivity contribution >= 4 is 28.5 Å². The number of benzene rings is 2. The fourth-order valence-corrected chi connectivity index (χ4v) is 2.81. The molecule has 8 nitrogen and oxygen atoms in total. The first-order valence-electron chi connectivity index (χ1n) is 8.72. The summed E-state index contributed by atoms with van der Waals surface area (Å²) in [6, 6.07) is 10.2. The maximum Gasteiger partial charge on any atom is 0.251 e. The van der Waals surface area contributed by atoms with E-state index >= 15 is 0 Å². The number of fused-ring (bicyclic) bond motifs is 2. The smallest absolute Gasteiger partial charge is 0.251 e. The Labute approximate surface area is 160 Å². The molecule has 0 fully saturated rings. The summed E-state index contributed by atoms with van der Waals surface area (Å²) in [6.07, 6.45) is 0. The van der Waals surface area contributed by atoms with Crippen LogP contribution in [0.3, 0.4) is 0 Å². The molecule has 0 radical (unpaired) electrons. The van der Waals surface area contributed by atoms with Crippen LogP contribution in [0.15, 0.2) is 36.4 Å². The van der Waals surface area contributed by atoms with Gasteiger partial charge in [-0.1, -0.05) is 0 Å². The van der Waals surface area contributed by atoms with Crippen LogP contribution in [-0.4, -0.2) is 35.1 Å². The van der Waals surface area contributed by atoms with Gasteiger partial charge in [0.15, 0.2) is 11.5 Å². The molecule has 1 aliphatic rings. The standard InChI is InChI=1S/C20H18N4O4/c1-11-12(2)23-16-7-13(3-5-15(16)22-11)20(26)21-9-19(25)24-14-4-6-17-18(8-14)28-10-27-17/h3-8H,9-10H2,1-2H3,(H,21,26)(H,24,25). The Kier molecular flexibility index (Phi) is 4.52. The summed E-state index contributed by atoms with van der Waals surface area (Å²) in [5.41, 5.74) is 4.01. The number of hydrogen-bond donors (Lipinski definition) is 2. The molecule has 4 rings (SSSR count). The lowest BCUT2D eigenvalue weighted by Crippen LogP contribution is -2.32. The van der Waals surface area contributed by atoms with E-state index < -0.39 is 0 Å². The van der Waals surface area contributed by atoms with Crippen LogP contribution in [0.2, 0.25) is 0 Å². The monoisotopic (exact) mass is 378 g/mol.